The fourth-order valence-corrected chi connectivity index (χ4v) is 3.45. The fraction of sp³-hybridized carbons (Fsp3) is 0.571. The Morgan fingerprint density at radius 1 is 1.39 bits per heavy atom. The molecular weight excluding hydrogens is 358 g/mol. The summed E-state index contributed by atoms with van der Waals surface area (Å²) in [6, 6.07) is 4.81. The molecular formula is C14H19Br2NO. The normalized spacial score (nSPS) is 17.1. The van der Waals surface area contributed by atoms with Crippen LogP contribution in [0.3, 0.4) is 0 Å². The van der Waals surface area contributed by atoms with Crippen molar-refractivity contribution in [2.24, 2.45) is 0 Å². The first-order valence-corrected chi connectivity index (χ1v) is 8.08. The smallest absolute Gasteiger partial charge is 0.127 e. The quantitative estimate of drug-likeness (QED) is 0.783. The van der Waals surface area contributed by atoms with Crippen molar-refractivity contribution in [2.45, 2.75) is 44.1 Å². The average molecular weight is 377 g/mol. The van der Waals surface area contributed by atoms with E-state index in [1.165, 1.54) is 11.1 Å². The highest BCUT2D eigenvalue weighted by atomic mass is 79.9. The SMILES string of the molecule is CC(Br)CC(C)NCc1cc(Br)cc2c1OCC2. The first-order chi connectivity index (χ1) is 8.56. The molecule has 4 heteroatoms. The van der Waals surface area contributed by atoms with E-state index in [1.807, 2.05) is 0 Å². The van der Waals surface area contributed by atoms with E-state index >= 15 is 0 Å². The minimum absolute atomic E-state index is 0.496. The molecule has 0 saturated heterocycles. The van der Waals surface area contributed by atoms with E-state index in [9.17, 15) is 0 Å². The summed E-state index contributed by atoms with van der Waals surface area (Å²) < 4.78 is 6.87. The lowest BCUT2D eigenvalue weighted by molar-refractivity contribution is 0.351. The molecule has 0 saturated carbocycles. The molecule has 1 aliphatic heterocycles. The summed E-state index contributed by atoms with van der Waals surface area (Å²) >= 11 is 7.16. The summed E-state index contributed by atoms with van der Waals surface area (Å²) in [4.78, 5) is 0.546. The van der Waals surface area contributed by atoms with Crippen LogP contribution in [0, 0.1) is 0 Å². The number of nitrogens with one attached hydrogen (secondary N) is 1. The molecule has 1 aromatic rings. The van der Waals surface area contributed by atoms with E-state index in [0.29, 0.717) is 10.9 Å². The third-order valence-electron chi connectivity index (χ3n) is 3.14. The molecule has 2 rings (SSSR count). The molecule has 0 aliphatic carbocycles. The summed E-state index contributed by atoms with van der Waals surface area (Å²) in [6.07, 6.45) is 2.15. The maximum absolute atomic E-state index is 5.73. The monoisotopic (exact) mass is 375 g/mol. The fourth-order valence-electron chi connectivity index (χ4n) is 2.33. The Morgan fingerprint density at radius 2 is 2.17 bits per heavy atom. The van der Waals surface area contributed by atoms with Crippen molar-refractivity contribution >= 4 is 31.9 Å². The zero-order valence-electron chi connectivity index (χ0n) is 10.8. The van der Waals surface area contributed by atoms with Crippen LogP contribution in [0.4, 0.5) is 0 Å². The second kappa shape index (κ2) is 6.40. The molecule has 2 atom stereocenters. The van der Waals surface area contributed by atoms with E-state index in [-0.39, 0.29) is 0 Å². The van der Waals surface area contributed by atoms with Crippen molar-refractivity contribution in [3.05, 3.63) is 27.7 Å². The van der Waals surface area contributed by atoms with Crippen LogP contribution in [-0.2, 0) is 13.0 Å². The first kappa shape index (κ1) is 14.4. The van der Waals surface area contributed by atoms with Gasteiger partial charge in [0.25, 0.3) is 0 Å². The van der Waals surface area contributed by atoms with Crippen LogP contribution >= 0.6 is 31.9 Å². The van der Waals surface area contributed by atoms with Gasteiger partial charge in [-0.1, -0.05) is 38.8 Å². The first-order valence-electron chi connectivity index (χ1n) is 6.38. The molecule has 0 amide bonds. The Labute approximate surface area is 126 Å². The lowest BCUT2D eigenvalue weighted by atomic mass is 10.1. The minimum Gasteiger partial charge on any atom is -0.493 e. The van der Waals surface area contributed by atoms with Crippen LogP contribution < -0.4 is 10.1 Å². The van der Waals surface area contributed by atoms with Gasteiger partial charge in [0, 0.05) is 33.9 Å². The molecule has 1 N–H and O–H groups in total. The van der Waals surface area contributed by atoms with Gasteiger partial charge in [-0.3, -0.25) is 0 Å². The Morgan fingerprint density at radius 3 is 2.89 bits per heavy atom. The van der Waals surface area contributed by atoms with Gasteiger partial charge in [-0.25, -0.2) is 0 Å². The molecule has 1 aliphatic rings. The van der Waals surface area contributed by atoms with Crippen LogP contribution in [0.5, 0.6) is 5.75 Å². The number of ether oxygens (including phenoxy) is 1. The van der Waals surface area contributed by atoms with Crippen molar-refractivity contribution in [3.8, 4) is 5.75 Å². The van der Waals surface area contributed by atoms with Gasteiger partial charge >= 0.3 is 0 Å². The maximum atomic E-state index is 5.73. The van der Waals surface area contributed by atoms with E-state index in [1.54, 1.807) is 0 Å². The van der Waals surface area contributed by atoms with Gasteiger partial charge in [0.05, 0.1) is 6.61 Å². The zero-order valence-corrected chi connectivity index (χ0v) is 14.0. The number of rotatable bonds is 5. The maximum Gasteiger partial charge on any atom is 0.127 e. The Bertz CT molecular complexity index is 421. The molecule has 0 aromatic heterocycles. The molecule has 0 fully saturated rings. The molecule has 2 unspecified atom stereocenters. The predicted molar refractivity (Wildman–Crippen MR) is 82.6 cm³/mol. The molecule has 1 aromatic carbocycles. The predicted octanol–water partition coefficient (Wildman–Crippen LogP) is 4.04. The van der Waals surface area contributed by atoms with Gasteiger partial charge in [-0.15, -0.1) is 0 Å². The second-order valence-corrected chi connectivity index (χ2v) is 7.43. The Balaban J connectivity index is 2.01. The van der Waals surface area contributed by atoms with Crippen molar-refractivity contribution in [3.63, 3.8) is 0 Å². The molecule has 0 spiro atoms. The van der Waals surface area contributed by atoms with Crippen LogP contribution in [0.1, 0.15) is 31.4 Å². The summed E-state index contributed by atoms with van der Waals surface area (Å²) in [5, 5.41) is 3.56. The minimum atomic E-state index is 0.496. The van der Waals surface area contributed by atoms with Gasteiger partial charge < -0.3 is 10.1 Å². The van der Waals surface area contributed by atoms with Crippen molar-refractivity contribution < 1.29 is 4.74 Å². The van der Waals surface area contributed by atoms with Gasteiger partial charge in [0.1, 0.15) is 5.75 Å². The standard InChI is InChI=1S/C14H19Br2NO/c1-9(15)5-10(2)17-8-12-7-13(16)6-11-3-4-18-14(11)12/h6-7,9-10,17H,3-5,8H2,1-2H3. The molecule has 2 nitrogen and oxygen atoms in total. The van der Waals surface area contributed by atoms with Crippen molar-refractivity contribution in [1.82, 2.24) is 5.32 Å². The highest BCUT2D eigenvalue weighted by Gasteiger charge is 2.17. The van der Waals surface area contributed by atoms with Gasteiger partial charge in [-0.2, -0.15) is 0 Å². The Hall–Kier alpha value is -0.0600. The molecule has 1 heterocycles. The molecule has 0 radical (unpaired) electrons. The zero-order chi connectivity index (χ0) is 13.1. The largest absolute Gasteiger partial charge is 0.493 e. The Kier molecular flexibility index (Phi) is 5.10. The van der Waals surface area contributed by atoms with Gasteiger partial charge in [0.2, 0.25) is 0 Å². The van der Waals surface area contributed by atoms with Crippen LogP contribution in [-0.4, -0.2) is 17.5 Å². The van der Waals surface area contributed by atoms with E-state index in [0.717, 1.165) is 36.2 Å². The summed E-state index contributed by atoms with van der Waals surface area (Å²) in [5.74, 6) is 1.09. The lowest BCUT2D eigenvalue weighted by Gasteiger charge is -2.16. The highest BCUT2D eigenvalue weighted by Crippen LogP contribution is 2.32. The number of hydrogen-bond acceptors (Lipinski definition) is 2. The molecule has 0 bridgehead atoms. The van der Waals surface area contributed by atoms with Crippen LogP contribution in [0.2, 0.25) is 0 Å². The van der Waals surface area contributed by atoms with E-state index in [2.05, 4.69) is 63.2 Å². The van der Waals surface area contributed by atoms with Crippen molar-refractivity contribution in [1.29, 1.82) is 0 Å². The number of hydrogen-bond donors (Lipinski definition) is 1. The van der Waals surface area contributed by atoms with E-state index in [4.69, 9.17) is 4.74 Å². The topological polar surface area (TPSA) is 21.3 Å². The molecule has 18 heavy (non-hydrogen) atoms. The summed E-state index contributed by atoms with van der Waals surface area (Å²) in [7, 11) is 0. The third kappa shape index (κ3) is 3.72. The number of alkyl halides is 1. The summed E-state index contributed by atoms with van der Waals surface area (Å²) in [6.45, 7) is 6.07. The number of halogens is 2. The van der Waals surface area contributed by atoms with E-state index < -0.39 is 0 Å². The highest BCUT2D eigenvalue weighted by molar-refractivity contribution is 9.10. The average Bonchev–Trinajstić information content (AvgIpc) is 2.72. The lowest BCUT2D eigenvalue weighted by Crippen LogP contribution is -2.27. The van der Waals surface area contributed by atoms with Gasteiger partial charge in [0.15, 0.2) is 0 Å². The van der Waals surface area contributed by atoms with Crippen LogP contribution in [0.25, 0.3) is 0 Å². The second-order valence-electron chi connectivity index (χ2n) is 4.95. The number of fused-ring (bicyclic) bond motifs is 1. The van der Waals surface area contributed by atoms with Gasteiger partial charge in [-0.05, 0) is 31.0 Å². The third-order valence-corrected chi connectivity index (χ3v) is 3.98. The van der Waals surface area contributed by atoms with Crippen molar-refractivity contribution in [2.75, 3.05) is 6.61 Å². The molecule has 100 valence electrons. The number of benzene rings is 1. The van der Waals surface area contributed by atoms with Crippen LogP contribution in [0.15, 0.2) is 16.6 Å². The summed E-state index contributed by atoms with van der Waals surface area (Å²) in [5.41, 5.74) is 2.58.